The first-order valence-corrected chi connectivity index (χ1v) is 5.41. The van der Waals surface area contributed by atoms with Gasteiger partial charge in [0.15, 0.2) is 0 Å². The maximum Gasteiger partial charge on any atom is 0.252 e. The highest BCUT2D eigenvalue weighted by molar-refractivity contribution is 6.33. The summed E-state index contributed by atoms with van der Waals surface area (Å²) in [7, 11) is 0. The fraction of sp³-hybridized carbons (Fsp3) is 0.364. The van der Waals surface area contributed by atoms with E-state index in [9.17, 15) is 4.79 Å². The average molecular weight is 225 g/mol. The minimum atomic E-state index is -0.102. The highest BCUT2D eigenvalue weighted by Crippen LogP contribution is 2.14. The Morgan fingerprint density at radius 3 is 2.87 bits per heavy atom. The van der Waals surface area contributed by atoms with Gasteiger partial charge < -0.3 is 10.6 Å². The summed E-state index contributed by atoms with van der Waals surface area (Å²) in [6, 6.07) is 7.50. The van der Waals surface area contributed by atoms with Crippen LogP contribution in [0.4, 0.5) is 0 Å². The molecule has 1 amide bonds. The molecule has 0 spiro atoms. The van der Waals surface area contributed by atoms with Crippen LogP contribution in [0, 0.1) is 0 Å². The molecule has 2 rings (SSSR count). The third-order valence-corrected chi connectivity index (χ3v) is 2.88. The summed E-state index contributed by atoms with van der Waals surface area (Å²) in [5.74, 6) is -0.102. The Labute approximate surface area is 93.8 Å². The molecule has 1 aliphatic heterocycles. The van der Waals surface area contributed by atoms with Gasteiger partial charge >= 0.3 is 0 Å². The second kappa shape index (κ2) is 4.64. The smallest absolute Gasteiger partial charge is 0.252 e. The number of halogens is 1. The zero-order valence-electron chi connectivity index (χ0n) is 8.29. The quantitative estimate of drug-likeness (QED) is 0.816. The molecule has 1 unspecified atom stereocenters. The predicted molar refractivity (Wildman–Crippen MR) is 60.2 cm³/mol. The summed E-state index contributed by atoms with van der Waals surface area (Å²) in [6.07, 6.45) is 1.13. The molecule has 3 nitrogen and oxygen atoms in total. The van der Waals surface area contributed by atoms with E-state index >= 15 is 0 Å². The SMILES string of the molecule is O=C(NCC1CCN1)c1ccccc1Cl. The van der Waals surface area contributed by atoms with Crippen LogP contribution in [0.5, 0.6) is 0 Å². The van der Waals surface area contributed by atoms with Crippen LogP contribution in [0.15, 0.2) is 24.3 Å². The van der Waals surface area contributed by atoms with Gasteiger partial charge in [0, 0.05) is 12.6 Å². The monoisotopic (exact) mass is 224 g/mol. The normalized spacial score (nSPS) is 19.4. The van der Waals surface area contributed by atoms with Crippen molar-refractivity contribution in [2.75, 3.05) is 13.1 Å². The molecule has 80 valence electrons. The number of rotatable bonds is 3. The van der Waals surface area contributed by atoms with Crippen molar-refractivity contribution in [2.24, 2.45) is 0 Å². The van der Waals surface area contributed by atoms with Crippen molar-refractivity contribution in [1.82, 2.24) is 10.6 Å². The minimum Gasteiger partial charge on any atom is -0.350 e. The van der Waals surface area contributed by atoms with Crippen molar-refractivity contribution in [3.05, 3.63) is 34.9 Å². The molecule has 1 aromatic carbocycles. The number of hydrogen-bond donors (Lipinski definition) is 2. The third kappa shape index (κ3) is 2.49. The van der Waals surface area contributed by atoms with E-state index in [-0.39, 0.29) is 5.91 Å². The molecule has 15 heavy (non-hydrogen) atoms. The fourth-order valence-corrected chi connectivity index (χ4v) is 1.70. The van der Waals surface area contributed by atoms with Gasteiger partial charge in [-0.05, 0) is 25.1 Å². The number of hydrogen-bond acceptors (Lipinski definition) is 2. The largest absolute Gasteiger partial charge is 0.350 e. The second-order valence-corrected chi connectivity index (χ2v) is 4.04. The van der Waals surface area contributed by atoms with E-state index in [1.807, 2.05) is 12.1 Å². The zero-order valence-corrected chi connectivity index (χ0v) is 9.05. The highest BCUT2D eigenvalue weighted by atomic mass is 35.5. The number of nitrogens with one attached hydrogen (secondary N) is 2. The lowest BCUT2D eigenvalue weighted by Crippen LogP contribution is -2.50. The molecule has 0 radical (unpaired) electrons. The van der Waals surface area contributed by atoms with Crippen LogP contribution in [-0.2, 0) is 0 Å². The number of carbonyl (C=O) groups is 1. The van der Waals surface area contributed by atoms with Gasteiger partial charge in [-0.2, -0.15) is 0 Å². The first-order chi connectivity index (χ1) is 7.27. The van der Waals surface area contributed by atoms with Gasteiger partial charge in [0.05, 0.1) is 10.6 Å². The van der Waals surface area contributed by atoms with Crippen molar-refractivity contribution >= 4 is 17.5 Å². The lowest BCUT2D eigenvalue weighted by Gasteiger charge is -2.27. The third-order valence-electron chi connectivity index (χ3n) is 2.55. The molecule has 1 fully saturated rings. The van der Waals surface area contributed by atoms with Crippen molar-refractivity contribution in [1.29, 1.82) is 0 Å². The van der Waals surface area contributed by atoms with Crippen LogP contribution in [-0.4, -0.2) is 25.0 Å². The van der Waals surface area contributed by atoms with E-state index in [0.29, 0.717) is 23.2 Å². The Morgan fingerprint density at radius 2 is 2.27 bits per heavy atom. The standard InChI is InChI=1S/C11H13ClN2O/c12-10-4-2-1-3-9(10)11(15)14-7-8-5-6-13-8/h1-4,8,13H,5-7H2,(H,14,15). The van der Waals surface area contributed by atoms with Crippen LogP contribution < -0.4 is 10.6 Å². The van der Waals surface area contributed by atoms with Crippen molar-refractivity contribution in [3.8, 4) is 0 Å². The summed E-state index contributed by atoms with van der Waals surface area (Å²) in [5, 5.41) is 6.57. The molecular formula is C11H13ClN2O. The molecule has 0 aliphatic carbocycles. The van der Waals surface area contributed by atoms with Crippen LogP contribution in [0.1, 0.15) is 16.8 Å². The topological polar surface area (TPSA) is 41.1 Å². The van der Waals surface area contributed by atoms with Gasteiger partial charge in [-0.3, -0.25) is 4.79 Å². The Balaban J connectivity index is 1.92. The molecule has 1 atom stereocenters. The van der Waals surface area contributed by atoms with E-state index in [2.05, 4.69) is 10.6 Å². The average Bonchev–Trinajstić information content (AvgIpc) is 2.16. The Bertz CT molecular complexity index is 363. The molecule has 4 heteroatoms. The molecule has 0 bridgehead atoms. The number of carbonyl (C=O) groups excluding carboxylic acids is 1. The molecular weight excluding hydrogens is 212 g/mol. The van der Waals surface area contributed by atoms with Gasteiger partial charge in [-0.25, -0.2) is 0 Å². The van der Waals surface area contributed by atoms with Crippen molar-refractivity contribution in [3.63, 3.8) is 0 Å². The lowest BCUT2D eigenvalue weighted by molar-refractivity contribution is 0.0945. The van der Waals surface area contributed by atoms with Gasteiger partial charge in [0.1, 0.15) is 0 Å². The first-order valence-electron chi connectivity index (χ1n) is 5.03. The molecule has 2 N–H and O–H groups in total. The molecule has 0 saturated carbocycles. The summed E-state index contributed by atoms with van der Waals surface area (Å²) >= 11 is 5.91. The van der Waals surface area contributed by atoms with Crippen LogP contribution in [0.25, 0.3) is 0 Å². The molecule has 1 saturated heterocycles. The number of benzene rings is 1. The van der Waals surface area contributed by atoms with Gasteiger partial charge in [-0.1, -0.05) is 23.7 Å². The minimum absolute atomic E-state index is 0.102. The fourth-order valence-electron chi connectivity index (χ4n) is 1.48. The van der Waals surface area contributed by atoms with E-state index in [1.165, 1.54) is 0 Å². The molecule has 0 aromatic heterocycles. The summed E-state index contributed by atoms with van der Waals surface area (Å²) in [4.78, 5) is 11.7. The van der Waals surface area contributed by atoms with E-state index in [1.54, 1.807) is 12.1 Å². The zero-order chi connectivity index (χ0) is 10.7. The molecule has 1 aliphatic rings. The Morgan fingerprint density at radius 1 is 1.53 bits per heavy atom. The predicted octanol–water partition coefficient (Wildman–Crippen LogP) is 1.43. The van der Waals surface area contributed by atoms with Crippen LogP contribution >= 0.6 is 11.6 Å². The van der Waals surface area contributed by atoms with E-state index in [0.717, 1.165) is 13.0 Å². The van der Waals surface area contributed by atoms with E-state index in [4.69, 9.17) is 11.6 Å². The van der Waals surface area contributed by atoms with Crippen LogP contribution in [0.2, 0.25) is 5.02 Å². The van der Waals surface area contributed by atoms with E-state index < -0.39 is 0 Å². The maximum atomic E-state index is 11.7. The number of amides is 1. The molecule has 1 heterocycles. The van der Waals surface area contributed by atoms with Crippen molar-refractivity contribution < 1.29 is 4.79 Å². The van der Waals surface area contributed by atoms with Crippen molar-refractivity contribution in [2.45, 2.75) is 12.5 Å². The molecule has 1 aromatic rings. The highest BCUT2D eigenvalue weighted by Gasteiger charge is 2.17. The lowest BCUT2D eigenvalue weighted by atomic mass is 10.1. The summed E-state index contributed by atoms with van der Waals surface area (Å²) in [5.41, 5.74) is 0.540. The van der Waals surface area contributed by atoms with Gasteiger partial charge in [0.2, 0.25) is 0 Å². The van der Waals surface area contributed by atoms with Gasteiger partial charge in [0.25, 0.3) is 5.91 Å². The van der Waals surface area contributed by atoms with Crippen LogP contribution in [0.3, 0.4) is 0 Å². The maximum absolute atomic E-state index is 11.7. The summed E-state index contributed by atoms with van der Waals surface area (Å²) in [6.45, 7) is 1.72. The first kappa shape index (κ1) is 10.5. The Kier molecular flexibility index (Phi) is 3.23. The Hall–Kier alpha value is -1.06. The van der Waals surface area contributed by atoms with Gasteiger partial charge in [-0.15, -0.1) is 0 Å². The summed E-state index contributed by atoms with van der Waals surface area (Å²) < 4.78 is 0. The second-order valence-electron chi connectivity index (χ2n) is 3.63.